The number of sulfone groups is 1. The third kappa shape index (κ3) is 1.83. The minimum Gasteiger partial charge on any atom is -0.316 e. The van der Waals surface area contributed by atoms with Crippen LogP contribution >= 0.6 is 11.8 Å². The number of thioether (sulfide) groups is 1. The van der Waals surface area contributed by atoms with Crippen LogP contribution in [0.3, 0.4) is 0 Å². The average Bonchev–Trinajstić information content (AvgIpc) is 2.70. The monoisotopic (exact) mass is 282 g/mol. The first-order valence-corrected chi connectivity index (χ1v) is 8.48. The van der Waals surface area contributed by atoms with Crippen LogP contribution in [0.2, 0.25) is 0 Å². The third-order valence-electron chi connectivity index (χ3n) is 3.46. The number of anilines is 1. The molecule has 0 radical (unpaired) electrons. The molecule has 2 aliphatic heterocycles. The van der Waals surface area contributed by atoms with Crippen molar-refractivity contribution in [3.8, 4) is 0 Å². The van der Waals surface area contributed by atoms with Crippen LogP contribution in [0.5, 0.6) is 0 Å². The second-order valence-electron chi connectivity index (χ2n) is 4.76. The van der Waals surface area contributed by atoms with Gasteiger partial charge < -0.3 is 4.90 Å². The molecular formula is C12H14N2O2S2. The van der Waals surface area contributed by atoms with Gasteiger partial charge in [-0.05, 0) is 18.6 Å². The number of nitrogens with one attached hydrogen (secondary N) is 1. The first-order chi connectivity index (χ1) is 8.48. The molecule has 0 spiro atoms. The molecule has 96 valence electrons. The van der Waals surface area contributed by atoms with Crippen LogP contribution < -0.4 is 4.90 Å². The summed E-state index contributed by atoms with van der Waals surface area (Å²) in [6, 6.07) is 7.75. The minimum atomic E-state index is -2.94. The summed E-state index contributed by atoms with van der Waals surface area (Å²) in [5.41, 5.74) is 2.03. The van der Waals surface area contributed by atoms with Gasteiger partial charge in [0, 0.05) is 10.9 Å². The van der Waals surface area contributed by atoms with Gasteiger partial charge in [0.15, 0.2) is 15.0 Å². The van der Waals surface area contributed by atoms with Crippen molar-refractivity contribution in [1.82, 2.24) is 0 Å². The summed E-state index contributed by atoms with van der Waals surface area (Å²) in [5, 5.41) is 8.54. The lowest BCUT2D eigenvalue weighted by molar-refractivity contribution is 0.601. The molecule has 18 heavy (non-hydrogen) atoms. The Morgan fingerprint density at radius 3 is 2.78 bits per heavy atom. The van der Waals surface area contributed by atoms with Crippen molar-refractivity contribution >= 4 is 32.5 Å². The van der Waals surface area contributed by atoms with E-state index in [4.69, 9.17) is 5.41 Å². The van der Waals surface area contributed by atoms with Gasteiger partial charge in [-0.1, -0.05) is 30.0 Å². The van der Waals surface area contributed by atoms with E-state index >= 15 is 0 Å². The number of rotatable bonds is 1. The van der Waals surface area contributed by atoms with Crippen molar-refractivity contribution in [3.63, 3.8) is 0 Å². The average molecular weight is 282 g/mol. The maximum atomic E-state index is 11.7. The smallest absolute Gasteiger partial charge is 0.161 e. The Kier molecular flexibility index (Phi) is 2.67. The minimum absolute atomic E-state index is 0.0158. The molecule has 0 saturated carbocycles. The van der Waals surface area contributed by atoms with Crippen molar-refractivity contribution in [2.24, 2.45) is 0 Å². The summed E-state index contributed by atoms with van der Waals surface area (Å²) in [6.45, 7) is 1.99. The van der Waals surface area contributed by atoms with Crippen LogP contribution in [0.4, 0.5) is 5.69 Å². The molecule has 2 saturated heterocycles. The van der Waals surface area contributed by atoms with Gasteiger partial charge in [-0.25, -0.2) is 8.42 Å². The van der Waals surface area contributed by atoms with Gasteiger partial charge in [0.25, 0.3) is 0 Å². The Labute approximate surface area is 111 Å². The van der Waals surface area contributed by atoms with Crippen LogP contribution in [0, 0.1) is 12.3 Å². The first kappa shape index (κ1) is 12.0. The maximum absolute atomic E-state index is 11.7. The van der Waals surface area contributed by atoms with Crippen LogP contribution in [0.1, 0.15) is 5.56 Å². The Balaban J connectivity index is 2.02. The Morgan fingerprint density at radius 2 is 2.06 bits per heavy atom. The largest absolute Gasteiger partial charge is 0.316 e. The molecule has 2 fully saturated rings. The highest BCUT2D eigenvalue weighted by Crippen LogP contribution is 2.40. The summed E-state index contributed by atoms with van der Waals surface area (Å²) < 4.78 is 23.4. The molecule has 2 atom stereocenters. The molecule has 1 aromatic rings. The van der Waals surface area contributed by atoms with E-state index in [0.29, 0.717) is 5.17 Å². The van der Waals surface area contributed by atoms with E-state index in [1.807, 2.05) is 36.1 Å². The van der Waals surface area contributed by atoms with Crippen molar-refractivity contribution in [3.05, 3.63) is 29.8 Å². The molecule has 6 heteroatoms. The van der Waals surface area contributed by atoms with Crippen LogP contribution in [0.15, 0.2) is 24.3 Å². The molecule has 0 aliphatic carbocycles. The van der Waals surface area contributed by atoms with Crippen LogP contribution in [-0.2, 0) is 9.84 Å². The van der Waals surface area contributed by atoms with Gasteiger partial charge in [0.2, 0.25) is 0 Å². The number of aryl methyl sites for hydroxylation is 1. The molecule has 3 rings (SSSR count). The fourth-order valence-corrected chi connectivity index (χ4v) is 6.41. The molecule has 1 aromatic carbocycles. The molecule has 1 N–H and O–H groups in total. The van der Waals surface area contributed by atoms with Crippen molar-refractivity contribution in [2.75, 3.05) is 16.4 Å². The van der Waals surface area contributed by atoms with Crippen LogP contribution in [-0.4, -0.2) is 36.4 Å². The number of benzene rings is 1. The van der Waals surface area contributed by atoms with Gasteiger partial charge in [-0.2, -0.15) is 0 Å². The number of para-hydroxylation sites is 1. The Morgan fingerprint density at radius 1 is 1.33 bits per heavy atom. The second-order valence-corrected chi connectivity index (χ2v) is 8.14. The quantitative estimate of drug-likeness (QED) is 0.851. The van der Waals surface area contributed by atoms with E-state index in [2.05, 4.69) is 0 Å². The number of hydrogen-bond donors (Lipinski definition) is 1. The zero-order valence-electron chi connectivity index (χ0n) is 9.96. The highest BCUT2D eigenvalue weighted by molar-refractivity contribution is 8.15. The highest BCUT2D eigenvalue weighted by atomic mass is 32.2. The zero-order valence-corrected chi connectivity index (χ0v) is 11.6. The van der Waals surface area contributed by atoms with E-state index in [-0.39, 0.29) is 22.8 Å². The van der Waals surface area contributed by atoms with E-state index in [9.17, 15) is 8.42 Å². The molecule has 0 amide bonds. The van der Waals surface area contributed by atoms with Gasteiger partial charge in [-0.3, -0.25) is 5.41 Å². The molecule has 2 heterocycles. The molecule has 2 aliphatic rings. The normalized spacial score (nSPS) is 29.6. The number of hydrogen-bond acceptors (Lipinski definition) is 4. The molecular weight excluding hydrogens is 268 g/mol. The topological polar surface area (TPSA) is 61.2 Å². The lowest BCUT2D eigenvalue weighted by Gasteiger charge is -2.25. The summed E-state index contributed by atoms with van der Waals surface area (Å²) in [4.78, 5) is 1.88. The van der Waals surface area contributed by atoms with E-state index < -0.39 is 9.84 Å². The highest BCUT2D eigenvalue weighted by Gasteiger charge is 2.48. The van der Waals surface area contributed by atoms with Gasteiger partial charge >= 0.3 is 0 Å². The SMILES string of the molecule is Cc1ccccc1N1C(=N)S[C@@H]2CS(=O)(=O)C[C@@H]21. The molecule has 0 unspecified atom stereocenters. The predicted molar refractivity (Wildman–Crippen MR) is 75.2 cm³/mol. The Bertz CT molecular complexity index is 612. The molecule has 0 aromatic heterocycles. The lowest BCUT2D eigenvalue weighted by Crippen LogP contribution is -2.37. The zero-order chi connectivity index (χ0) is 12.9. The van der Waals surface area contributed by atoms with Gasteiger partial charge in [-0.15, -0.1) is 0 Å². The maximum Gasteiger partial charge on any atom is 0.161 e. The third-order valence-corrected chi connectivity index (χ3v) is 6.59. The molecule has 0 bridgehead atoms. The lowest BCUT2D eigenvalue weighted by atomic mass is 10.1. The second kappa shape index (κ2) is 3.99. The summed E-state index contributed by atoms with van der Waals surface area (Å²) in [6.07, 6.45) is 0. The predicted octanol–water partition coefficient (Wildman–Crippen LogP) is 1.65. The first-order valence-electron chi connectivity index (χ1n) is 5.78. The van der Waals surface area contributed by atoms with Crippen molar-refractivity contribution in [1.29, 1.82) is 5.41 Å². The summed E-state index contributed by atoms with van der Waals surface area (Å²) in [7, 11) is -2.94. The Hall–Kier alpha value is -1.01. The van der Waals surface area contributed by atoms with E-state index in [1.54, 1.807) is 0 Å². The number of nitrogens with zero attached hydrogens (tertiary/aromatic N) is 1. The number of fused-ring (bicyclic) bond motifs is 1. The summed E-state index contributed by atoms with van der Waals surface area (Å²) in [5.74, 6) is 0.370. The molecule has 4 nitrogen and oxygen atoms in total. The van der Waals surface area contributed by atoms with Crippen molar-refractivity contribution in [2.45, 2.75) is 18.2 Å². The fraction of sp³-hybridized carbons (Fsp3) is 0.417. The van der Waals surface area contributed by atoms with Gasteiger partial charge in [0.05, 0.1) is 17.5 Å². The fourth-order valence-electron chi connectivity index (χ4n) is 2.62. The number of amidine groups is 1. The van der Waals surface area contributed by atoms with Crippen molar-refractivity contribution < 1.29 is 8.42 Å². The van der Waals surface area contributed by atoms with E-state index in [0.717, 1.165) is 11.3 Å². The van der Waals surface area contributed by atoms with E-state index in [1.165, 1.54) is 11.8 Å². The summed E-state index contributed by atoms with van der Waals surface area (Å²) >= 11 is 1.38. The van der Waals surface area contributed by atoms with Gasteiger partial charge in [0.1, 0.15) is 0 Å². The standard InChI is InChI=1S/C12H14N2O2S2/c1-8-4-2-3-5-9(8)14-10-6-18(15,16)7-11(10)17-12(14)13/h2-5,10-11,13H,6-7H2,1H3/t10-,11+/m0/s1. The van der Waals surface area contributed by atoms with Crippen LogP contribution in [0.25, 0.3) is 0 Å².